The van der Waals surface area contributed by atoms with Crippen molar-refractivity contribution in [1.29, 1.82) is 0 Å². The Kier molecular flexibility index (Phi) is 5.81. The van der Waals surface area contributed by atoms with Crippen molar-refractivity contribution in [2.45, 2.75) is 59.3 Å². The van der Waals surface area contributed by atoms with Gasteiger partial charge >= 0.3 is 5.97 Å². The van der Waals surface area contributed by atoms with E-state index in [0.29, 0.717) is 11.5 Å². The Morgan fingerprint density at radius 1 is 1.13 bits per heavy atom. The van der Waals surface area contributed by atoms with Gasteiger partial charge in [0.2, 0.25) is 0 Å². The molecule has 30 heavy (non-hydrogen) atoms. The number of aryl methyl sites for hydroxylation is 1. The van der Waals surface area contributed by atoms with Gasteiger partial charge in [0.15, 0.2) is 6.61 Å². The molecule has 1 fully saturated rings. The minimum Gasteiger partial charge on any atom is -0.452 e. The number of aromatic nitrogens is 1. The summed E-state index contributed by atoms with van der Waals surface area (Å²) in [6.07, 6.45) is 5.97. The van der Waals surface area contributed by atoms with Crippen LogP contribution in [0.3, 0.4) is 0 Å². The molecule has 1 saturated heterocycles. The number of rotatable bonds is 3. The van der Waals surface area contributed by atoms with Crippen LogP contribution in [-0.2, 0) is 22.4 Å². The second kappa shape index (κ2) is 8.37. The predicted octanol–water partition coefficient (Wildman–Crippen LogP) is 4.56. The Morgan fingerprint density at radius 2 is 1.87 bits per heavy atom. The van der Waals surface area contributed by atoms with Crippen molar-refractivity contribution in [3.05, 3.63) is 41.1 Å². The first-order chi connectivity index (χ1) is 14.3. The lowest BCUT2D eigenvalue weighted by Crippen LogP contribution is -2.38. The Labute approximate surface area is 178 Å². The minimum absolute atomic E-state index is 0.0946. The highest BCUT2D eigenvalue weighted by Gasteiger charge is 2.33. The van der Waals surface area contributed by atoms with Crippen molar-refractivity contribution in [2.75, 3.05) is 19.7 Å². The van der Waals surface area contributed by atoms with Crippen molar-refractivity contribution < 1.29 is 14.3 Å². The molecule has 0 N–H and O–H groups in total. The Bertz CT molecular complexity index is 955. The molecule has 1 aromatic carbocycles. The summed E-state index contributed by atoms with van der Waals surface area (Å²) in [6, 6.07) is 7.75. The Hall–Kier alpha value is -2.43. The highest BCUT2D eigenvalue weighted by atomic mass is 16.5. The van der Waals surface area contributed by atoms with Gasteiger partial charge in [-0.25, -0.2) is 4.79 Å². The van der Waals surface area contributed by atoms with Crippen molar-refractivity contribution >= 4 is 22.8 Å². The molecule has 2 aromatic rings. The van der Waals surface area contributed by atoms with Crippen LogP contribution in [-0.4, -0.2) is 41.5 Å². The van der Waals surface area contributed by atoms with Gasteiger partial charge in [0.1, 0.15) is 0 Å². The largest absolute Gasteiger partial charge is 0.452 e. The highest BCUT2D eigenvalue weighted by Crippen LogP contribution is 2.39. The number of hydrogen-bond donors (Lipinski definition) is 0. The number of hydrogen-bond acceptors (Lipinski definition) is 4. The van der Waals surface area contributed by atoms with Crippen LogP contribution >= 0.6 is 0 Å². The maximum Gasteiger partial charge on any atom is 0.339 e. The molecule has 0 saturated carbocycles. The summed E-state index contributed by atoms with van der Waals surface area (Å²) in [5, 5.41) is 0.821. The summed E-state index contributed by atoms with van der Waals surface area (Å²) in [7, 11) is 0. The van der Waals surface area contributed by atoms with Crippen LogP contribution < -0.4 is 0 Å². The number of carbonyl (C=O) groups is 2. The monoisotopic (exact) mass is 408 g/mol. The number of benzene rings is 1. The molecule has 1 aliphatic heterocycles. The lowest BCUT2D eigenvalue weighted by Gasteiger charge is -2.35. The van der Waals surface area contributed by atoms with E-state index < -0.39 is 5.97 Å². The van der Waals surface area contributed by atoms with E-state index in [1.54, 1.807) is 0 Å². The lowest BCUT2D eigenvalue weighted by molar-refractivity contribution is -0.135. The smallest absolute Gasteiger partial charge is 0.339 e. The molecule has 1 aromatic heterocycles. The summed E-state index contributed by atoms with van der Waals surface area (Å²) in [5.41, 5.74) is 3.60. The van der Waals surface area contributed by atoms with Crippen LogP contribution in [0.5, 0.6) is 0 Å². The van der Waals surface area contributed by atoms with Gasteiger partial charge in [0, 0.05) is 24.2 Å². The van der Waals surface area contributed by atoms with E-state index >= 15 is 0 Å². The second-order valence-corrected chi connectivity index (χ2v) is 9.75. The standard InChI is InChI=1S/C25H32N2O3/c1-25(2,3)17-11-12-21-19(15-17)23(18-9-5-6-10-20(18)26-21)24(29)30-16-22(28)27-13-7-4-8-14-27/h5-6,9-10,17H,4,7-8,11-16H2,1-3H3/t17-/m1/s1. The van der Waals surface area contributed by atoms with Crippen molar-refractivity contribution in [3.8, 4) is 0 Å². The molecule has 0 radical (unpaired) electrons. The molecule has 1 aliphatic carbocycles. The summed E-state index contributed by atoms with van der Waals surface area (Å²) >= 11 is 0. The van der Waals surface area contributed by atoms with Crippen molar-refractivity contribution in [2.24, 2.45) is 11.3 Å². The number of likely N-dealkylation sites (tertiary alicyclic amines) is 1. The Morgan fingerprint density at radius 3 is 2.60 bits per heavy atom. The zero-order valence-corrected chi connectivity index (χ0v) is 18.4. The molecule has 0 bridgehead atoms. The Balaban J connectivity index is 1.63. The number of piperidine rings is 1. The first-order valence-electron chi connectivity index (χ1n) is 11.2. The highest BCUT2D eigenvalue weighted by molar-refractivity contribution is 6.05. The molecule has 1 amide bonds. The van der Waals surface area contributed by atoms with Gasteiger partial charge in [-0.3, -0.25) is 9.78 Å². The topological polar surface area (TPSA) is 59.5 Å². The molecule has 5 nitrogen and oxygen atoms in total. The van der Waals surface area contributed by atoms with E-state index in [9.17, 15) is 9.59 Å². The lowest BCUT2D eigenvalue weighted by atomic mass is 9.70. The third-order valence-corrected chi connectivity index (χ3v) is 6.72. The van der Waals surface area contributed by atoms with Gasteiger partial charge in [0.05, 0.1) is 11.1 Å². The molecule has 0 unspecified atom stereocenters. The third kappa shape index (κ3) is 4.21. The van der Waals surface area contributed by atoms with Gasteiger partial charge in [-0.2, -0.15) is 0 Å². The summed E-state index contributed by atoms with van der Waals surface area (Å²) in [6.45, 7) is 8.10. The van der Waals surface area contributed by atoms with Crippen LogP contribution in [0.2, 0.25) is 0 Å². The number of para-hydroxylation sites is 1. The van der Waals surface area contributed by atoms with E-state index in [1.807, 2.05) is 29.2 Å². The van der Waals surface area contributed by atoms with Crippen LogP contribution in [0.25, 0.3) is 10.9 Å². The van der Waals surface area contributed by atoms with Crippen LogP contribution in [0.15, 0.2) is 24.3 Å². The fraction of sp³-hybridized carbons (Fsp3) is 0.560. The summed E-state index contributed by atoms with van der Waals surface area (Å²) < 4.78 is 5.58. The average molecular weight is 409 g/mol. The molecule has 5 heteroatoms. The number of esters is 1. The van der Waals surface area contributed by atoms with Crippen molar-refractivity contribution in [3.63, 3.8) is 0 Å². The molecular formula is C25H32N2O3. The number of carbonyl (C=O) groups excluding carboxylic acids is 2. The first kappa shape index (κ1) is 20.8. The fourth-order valence-corrected chi connectivity index (χ4v) is 4.79. The normalized spacial score (nSPS) is 19.4. The van der Waals surface area contributed by atoms with Gasteiger partial charge < -0.3 is 9.64 Å². The third-order valence-electron chi connectivity index (χ3n) is 6.72. The second-order valence-electron chi connectivity index (χ2n) is 9.75. The fourth-order valence-electron chi connectivity index (χ4n) is 4.79. The number of fused-ring (bicyclic) bond motifs is 2. The molecule has 2 aliphatic rings. The molecular weight excluding hydrogens is 376 g/mol. The maximum atomic E-state index is 13.3. The number of pyridine rings is 1. The van der Waals surface area contributed by atoms with E-state index in [1.165, 1.54) is 0 Å². The molecule has 4 rings (SSSR count). The minimum atomic E-state index is -0.398. The average Bonchev–Trinajstić information content (AvgIpc) is 2.75. The van der Waals surface area contributed by atoms with Crippen LogP contribution in [0.4, 0.5) is 0 Å². The summed E-state index contributed by atoms with van der Waals surface area (Å²) in [4.78, 5) is 32.4. The number of nitrogens with zero attached hydrogens (tertiary/aromatic N) is 2. The zero-order chi connectivity index (χ0) is 21.3. The predicted molar refractivity (Wildman–Crippen MR) is 117 cm³/mol. The van der Waals surface area contributed by atoms with Gasteiger partial charge in [-0.05, 0) is 61.5 Å². The van der Waals surface area contributed by atoms with Gasteiger partial charge in [0.25, 0.3) is 5.91 Å². The molecule has 160 valence electrons. The quantitative estimate of drug-likeness (QED) is 0.699. The zero-order valence-electron chi connectivity index (χ0n) is 18.4. The van der Waals surface area contributed by atoms with E-state index in [0.717, 1.165) is 73.8 Å². The van der Waals surface area contributed by atoms with Crippen LogP contribution in [0.1, 0.15) is 68.1 Å². The number of amides is 1. The van der Waals surface area contributed by atoms with Crippen molar-refractivity contribution in [1.82, 2.24) is 9.88 Å². The van der Waals surface area contributed by atoms with Gasteiger partial charge in [-0.15, -0.1) is 0 Å². The van der Waals surface area contributed by atoms with Crippen LogP contribution in [0, 0.1) is 11.3 Å². The van der Waals surface area contributed by atoms with E-state index in [-0.39, 0.29) is 17.9 Å². The molecule has 2 heterocycles. The summed E-state index contributed by atoms with van der Waals surface area (Å²) in [5.74, 6) is -0.0119. The van der Waals surface area contributed by atoms with E-state index in [2.05, 4.69) is 20.8 Å². The number of ether oxygens (including phenoxy) is 1. The maximum absolute atomic E-state index is 13.3. The SMILES string of the molecule is CC(C)(C)[C@@H]1CCc2nc3ccccc3c(C(=O)OCC(=O)N3CCCCC3)c2C1. The first-order valence-corrected chi connectivity index (χ1v) is 11.2. The molecule has 0 spiro atoms. The van der Waals surface area contributed by atoms with E-state index in [4.69, 9.17) is 9.72 Å². The molecule has 1 atom stereocenters. The van der Waals surface area contributed by atoms with Gasteiger partial charge in [-0.1, -0.05) is 39.0 Å².